The van der Waals surface area contributed by atoms with Crippen LogP contribution in [0.25, 0.3) is 44.2 Å². The summed E-state index contributed by atoms with van der Waals surface area (Å²) in [5, 5.41) is 2.31. The largest absolute Gasteiger partial charge is 0.340 e. The van der Waals surface area contributed by atoms with Crippen molar-refractivity contribution in [1.82, 2.24) is 29.7 Å². The lowest BCUT2D eigenvalue weighted by molar-refractivity contribution is -0.135. The number of carbonyl (C=O) groups is 2. The maximum absolute atomic E-state index is 13.2. The zero-order chi connectivity index (χ0) is 35.0. The van der Waals surface area contributed by atoms with Gasteiger partial charge >= 0.3 is 0 Å². The molecule has 3 aromatic carbocycles. The standard InChI is InChI=1S/C43H50N6O2/c1-24(2)20-39(50)49-26(4)9-19-38(49)43-45-35-17-13-29-22-28(12-14-31(29)41(35)47-43)30-15-16-34(33-7-5-6-32(30)33)36-23-44-42(46-36)37-18-8-25(3)48(37)40(51)21-27-10-11-27/h12-17,22-27,37-38H,5-11,18-21H2,1-4H3,(H,44,46)(H,45,47)/t25-,26-,37-,38-/m0/s1. The number of fused-ring (bicyclic) bond motifs is 4. The van der Waals surface area contributed by atoms with Crippen LogP contribution in [0.1, 0.15) is 120 Å². The van der Waals surface area contributed by atoms with E-state index in [4.69, 9.17) is 9.97 Å². The first-order valence-electron chi connectivity index (χ1n) is 19.5. The third kappa shape index (κ3) is 5.75. The molecule has 9 rings (SSSR count). The van der Waals surface area contributed by atoms with Crippen LogP contribution in [0.2, 0.25) is 0 Å². The highest BCUT2D eigenvalue weighted by atomic mass is 16.2. The fourth-order valence-corrected chi connectivity index (χ4v) is 9.49. The molecule has 3 fully saturated rings. The van der Waals surface area contributed by atoms with Gasteiger partial charge in [0, 0.05) is 35.9 Å². The van der Waals surface area contributed by atoms with E-state index < -0.39 is 0 Å². The number of hydrogen-bond donors (Lipinski definition) is 2. The van der Waals surface area contributed by atoms with Gasteiger partial charge in [0.2, 0.25) is 11.8 Å². The summed E-state index contributed by atoms with van der Waals surface area (Å²) in [5.74, 6) is 3.27. The lowest BCUT2D eigenvalue weighted by Gasteiger charge is -2.28. The molecule has 4 atom stereocenters. The van der Waals surface area contributed by atoms with Crippen molar-refractivity contribution in [2.75, 3.05) is 0 Å². The first-order valence-corrected chi connectivity index (χ1v) is 19.5. The summed E-state index contributed by atoms with van der Waals surface area (Å²) in [7, 11) is 0. The minimum absolute atomic E-state index is 0.00416. The number of nitrogens with zero attached hydrogens (tertiary/aromatic N) is 4. The number of imidazole rings is 2. The molecular formula is C43H50N6O2. The number of likely N-dealkylation sites (tertiary alicyclic amines) is 2. The van der Waals surface area contributed by atoms with Gasteiger partial charge in [-0.2, -0.15) is 0 Å². The molecule has 4 aliphatic rings. The van der Waals surface area contributed by atoms with Gasteiger partial charge in [-0.3, -0.25) is 9.59 Å². The molecule has 2 amide bonds. The Kier molecular flexibility index (Phi) is 8.04. The minimum Gasteiger partial charge on any atom is -0.340 e. The second kappa shape index (κ2) is 12.6. The van der Waals surface area contributed by atoms with Gasteiger partial charge in [-0.15, -0.1) is 0 Å². The van der Waals surface area contributed by atoms with Gasteiger partial charge in [0.1, 0.15) is 11.6 Å². The smallest absolute Gasteiger partial charge is 0.223 e. The van der Waals surface area contributed by atoms with Crippen LogP contribution in [-0.2, 0) is 22.4 Å². The SMILES string of the molecule is CC(C)CC(=O)N1[C@@H](C)CC[C@H]1c1nc2c(ccc3cc(-c4ccc(-c5cnc([C@@H]6CC[C@H](C)N6C(=O)CC6CC6)[nH]5)c5c4CCC5)ccc32)[nH]1. The van der Waals surface area contributed by atoms with E-state index in [0.717, 1.165) is 78.7 Å². The molecule has 8 heteroatoms. The third-order valence-electron chi connectivity index (χ3n) is 12.3. The summed E-state index contributed by atoms with van der Waals surface area (Å²) < 4.78 is 0. The molecule has 2 aromatic heterocycles. The van der Waals surface area contributed by atoms with E-state index in [1.165, 1.54) is 46.0 Å². The molecular weight excluding hydrogens is 633 g/mol. The second-order valence-corrected chi connectivity index (χ2v) is 16.4. The first-order chi connectivity index (χ1) is 24.7. The average Bonchev–Trinajstić information content (AvgIpc) is 3.66. The van der Waals surface area contributed by atoms with Crippen LogP contribution in [0.5, 0.6) is 0 Å². The molecule has 4 heterocycles. The van der Waals surface area contributed by atoms with Crippen LogP contribution in [0.3, 0.4) is 0 Å². The number of carbonyl (C=O) groups excluding carboxylic acids is 2. The predicted molar refractivity (Wildman–Crippen MR) is 202 cm³/mol. The van der Waals surface area contributed by atoms with E-state index in [0.29, 0.717) is 30.6 Å². The molecule has 264 valence electrons. The van der Waals surface area contributed by atoms with Crippen LogP contribution >= 0.6 is 0 Å². The maximum Gasteiger partial charge on any atom is 0.223 e. The number of hydrogen-bond acceptors (Lipinski definition) is 4. The monoisotopic (exact) mass is 682 g/mol. The van der Waals surface area contributed by atoms with E-state index in [2.05, 4.69) is 89.9 Å². The summed E-state index contributed by atoms with van der Waals surface area (Å²) >= 11 is 0. The van der Waals surface area contributed by atoms with Crippen LogP contribution in [0, 0.1) is 11.8 Å². The van der Waals surface area contributed by atoms with Gasteiger partial charge in [0.25, 0.3) is 0 Å². The highest BCUT2D eigenvalue weighted by molar-refractivity contribution is 6.05. The number of aromatic nitrogens is 4. The molecule has 1 saturated carbocycles. The number of rotatable bonds is 8. The lowest BCUT2D eigenvalue weighted by Crippen LogP contribution is -2.36. The number of benzene rings is 3. The number of nitrogens with one attached hydrogen (secondary N) is 2. The Hall–Kier alpha value is -4.46. The zero-order valence-electron chi connectivity index (χ0n) is 30.5. The summed E-state index contributed by atoms with van der Waals surface area (Å²) in [5.41, 5.74) is 9.67. The molecule has 0 radical (unpaired) electrons. The van der Waals surface area contributed by atoms with Gasteiger partial charge < -0.3 is 19.8 Å². The highest BCUT2D eigenvalue weighted by Gasteiger charge is 2.39. The molecule has 8 nitrogen and oxygen atoms in total. The summed E-state index contributed by atoms with van der Waals surface area (Å²) in [6.07, 6.45) is 12.8. The molecule has 51 heavy (non-hydrogen) atoms. The van der Waals surface area contributed by atoms with Crippen molar-refractivity contribution in [3.05, 3.63) is 71.4 Å². The Morgan fingerprint density at radius 1 is 0.804 bits per heavy atom. The van der Waals surface area contributed by atoms with Crippen molar-refractivity contribution in [2.45, 2.75) is 122 Å². The van der Waals surface area contributed by atoms with E-state index in [1.807, 2.05) is 6.20 Å². The van der Waals surface area contributed by atoms with Crippen molar-refractivity contribution >= 4 is 33.6 Å². The fourth-order valence-electron chi connectivity index (χ4n) is 9.49. The van der Waals surface area contributed by atoms with Crippen molar-refractivity contribution in [3.8, 4) is 22.4 Å². The predicted octanol–water partition coefficient (Wildman–Crippen LogP) is 9.21. The van der Waals surface area contributed by atoms with E-state index in [9.17, 15) is 9.59 Å². The van der Waals surface area contributed by atoms with E-state index in [1.54, 1.807) is 0 Å². The van der Waals surface area contributed by atoms with E-state index in [-0.39, 0.29) is 30.1 Å². The van der Waals surface area contributed by atoms with Crippen molar-refractivity contribution < 1.29 is 9.59 Å². The fraction of sp³-hybridized carbons (Fsp3) is 0.488. The molecule has 0 spiro atoms. The average molecular weight is 683 g/mol. The highest BCUT2D eigenvalue weighted by Crippen LogP contribution is 2.43. The summed E-state index contributed by atoms with van der Waals surface area (Å²) in [6, 6.07) is 16.2. The normalized spacial score (nSPS) is 23.3. The number of aromatic amines is 2. The van der Waals surface area contributed by atoms with Crippen molar-refractivity contribution in [1.29, 1.82) is 0 Å². The molecule has 2 aliphatic heterocycles. The number of amides is 2. The van der Waals surface area contributed by atoms with Crippen molar-refractivity contribution in [2.24, 2.45) is 11.8 Å². The zero-order valence-corrected chi connectivity index (χ0v) is 30.5. The Morgan fingerprint density at radius 3 is 2.25 bits per heavy atom. The quantitative estimate of drug-likeness (QED) is 0.171. The van der Waals surface area contributed by atoms with Crippen LogP contribution < -0.4 is 0 Å². The molecule has 2 N–H and O–H groups in total. The molecule has 0 bridgehead atoms. The third-order valence-corrected chi connectivity index (χ3v) is 12.3. The van der Waals surface area contributed by atoms with Crippen LogP contribution in [0.15, 0.2) is 48.7 Å². The summed E-state index contributed by atoms with van der Waals surface area (Å²) in [6.45, 7) is 8.57. The molecule has 2 aliphatic carbocycles. The Labute approximate surface area is 300 Å². The first kappa shape index (κ1) is 32.4. The number of H-pyrrole nitrogens is 2. The topological polar surface area (TPSA) is 98.0 Å². The van der Waals surface area contributed by atoms with Crippen LogP contribution in [0.4, 0.5) is 0 Å². The summed E-state index contributed by atoms with van der Waals surface area (Å²) in [4.78, 5) is 48.0. The van der Waals surface area contributed by atoms with Gasteiger partial charge in [0.05, 0.1) is 35.0 Å². The maximum atomic E-state index is 13.2. The Morgan fingerprint density at radius 2 is 1.51 bits per heavy atom. The molecule has 2 saturated heterocycles. The Balaban J connectivity index is 1.00. The van der Waals surface area contributed by atoms with Gasteiger partial charge in [0.15, 0.2) is 0 Å². The Bertz CT molecular complexity index is 2160. The van der Waals surface area contributed by atoms with Gasteiger partial charge in [-0.05, 0) is 123 Å². The van der Waals surface area contributed by atoms with Crippen molar-refractivity contribution in [3.63, 3.8) is 0 Å². The van der Waals surface area contributed by atoms with Gasteiger partial charge in [-0.25, -0.2) is 9.97 Å². The van der Waals surface area contributed by atoms with Crippen LogP contribution in [-0.4, -0.2) is 53.6 Å². The van der Waals surface area contributed by atoms with E-state index >= 15 is 0 Å². The molecule has 0 unspecified atom stereocenters. The minimum atomic E-state index is -0.00416. The molecule has 5 aromatic rings. The van der Waals surface area contributed by atoms with Gasteiger partial charge in [-0.1, -0.05) is 44.2 Å². The lowest BCUT2D eigenvalue weighted by atomic mass is 9.91. The second-order valence-electron chi connectivity index (χ2n) is 16.4.